The van der Waals surface area contributed by atoms with Gasteiger partial charge in [-0.25, -0.2) is 4.99 Å². The molecule has 1 aromatic rings. The Kier molecular flexibility index (Phi) is 7.21. The van der Waals surface area contributed by atoms with Crippen molar-refractivity contribution < 1.29 is 14.5 Å². The van der Waals surface area contributed by atoms with Gasteiger partial charge in [0, 0.05) is 6.07 Å². The number of aliphatic imine (C=N–C) groups is 1. The number of nitro groups is 1. The van der Waals surface area contributed by atoms with Gasteiger partial charge in [-0.05, 0) is 18.4 Å². The Morgan fingerprint density at radius 2 is 2.32 bits per heavy atom. The number of nitrogens with one attached hydrogen (secondary N) is 1. The molecule has 0 amide bonds. The molecule has 0 spiro atoms. The molecule has 0 unspecified atom stereocenters. The van der Waals surface area contributed by atoms with Crippen molar-refractivity contribution in [3.05, 3.63) is 28.3 Å². The van der Waals surface area contributed by atoms with E-state index >= 15 is 0 Å². The van der Waals surface area contributed by atoms with Gasteiger partial charge in [-0.3, -0.25) is 20.2 Å². The zero-order valence-corrected chi connectivity index (χ0v) is 13.4. The van der Waals surface area contributed by atoms with Gasteiger partial charge in [-0.15, -0.1) is 11.8 Å². The highest BCUT2D eigenvalue weighted by Crippen LogP contribution is 2.33. The fourth-order valence-corrected chi connectivity index (χ4v) is 2.51. The predicted octanol–water partition coefficient (Wildman–Crippen LogP) is 2.28. The van der Waals surface area contributed by atoms with E-state index in [0.717, 1.165) is 11.8 Å². The second-order valence-electron chi connectivity index (χ2n) is 3.63. The highest BCUT2D eigenvalue weighted by atomic mass is 32.2. The summed E-state index contributed by atoms with van der Waals surface area (Å²) in [6, 6.07) is 4.37. The number of thioether (sulfide) groups is 2. The van der Waals surface area contributed by atoms with Crippen LogP contribution in [0.15, 0.2) is 28.1 Å². The zero-order chi connectivity index (χ0) is 16.5. The molecule has 0 aliphatic carbocycles. The Hall–Kier alpha value is -2.25. The lowest BCUT2D eigenvalue weighted by Crippen LogP contribution is -2.12. The number of nitriles is 1. The van der Waals surface area contributed by atoms with Gasteiger partial charge in [0.25, 0.3) is 5.69 Å². The first-order chi connectivity index (χ1) is 10.5. The summed E-state index contributed by atoms with van der Waals surface area (Å²) in [6.07, 6.45) is 3.46. The molecule has 10 heteroatoms. The Morgan fingerprint density at radius 1 is 1.59 bits per heavy atom. The number of hydrogen-bond acceptors (Lipinski definition) is 8. The fourth-order valence-electron chi connectivity index (χ4n) is 1.33. The van der Waals surface area contributed by atoms with E-state index in [1.165, 1.54) is 31.0 Å². The third-order valence-corrected chi connectivity index (χ3v) is 3.92. The number of rotatable bonds is 5. The van der Waals surface area contributed by atoms with Gasteiger partial charge in [-0.2, -0.15) is 5.26 Å². The molecule has 0 aromatic heterocycles. The number of ether oxygens (including phenoxy) is 1. The van der Waals surface area contributed by atoms with Crippen molar-refractivity contribution in [1.29, 1.82) is 5.26 Å². The van der Waals surface area contributed by atoms with Gasteiger partial charge in [0.1, 0.15) is 0 Å². The monoisotopic (exact) mass is 340 g/mol. The summed E-state index contributed by atoms with van der Waals surface area (Å²) in [6.45, 7) is 0. The van der Waals surface area contributed by atoms with Crippen LogP contribution in [-0.4, -0.2) is 35.2 Å². The summed E-state index contributed by atoms with van der Waals surface area (Å²) in [4.78, 5) is 26.1. The molecule has 8 nitrogen and oxygen atoms in total. The molecule has 1 N–H and O–H groups in total. The lowest BCUT2D eigenvalue weighted by atomic mass is 10.3. The third-order valence-electron chi connectivity index (χ3n) is 2.30. The highest BCUT2D eigenvalue weighted by molar-refractivity contribution is 8.13. The maximum atomic E-state index is 11.1. The number of esters is 1. The molecule has 0 aliphatic heterocycles. The molecule has 0 bridgehead atoms. The second kappa shape index (κ2) is 8.91. The predicted molar refractivity (Wildman–Crippen MR) is 85.2 cm³/mol. The van der Waals surface area contributed by atoms with Crippen LogP contribution in [0.1, 0.15) is 0 Å². The van der Waals surface area contributed by atoms with E-state index in [4.69, 9.17) is 5.26 Å². The molecule has 0 atom stereocenters. The minimum Gasteiger partial charge on any atom is -0.468 e. The maximum absolute atomic E-state index is 11.1. The van der Waals surface area contributed by atoms with Crippen LogP contribution in [0.2, 0.25) is 0 Å². The zero-order valence-electron chi connectivity index (χ0n) is 11.7. The third kappa shape index (κ3) is 5.27. The summed E-state index contributed by atoms with van der Waals surface area (Å²) >= 11 is 2.22. The first-order valence-electron chi connectivity index (χ1n) is 5.77. The SMILES string of the molecule is COC(=O)CSc1ccc(N=C(NC#N)SC)cc1[N+](=O)[O-]. The molecule has 0 saturated carbocycles. The summed E-state index contributed by atoms with van der Waals surface area (Å²) < 4.78 is 4.50. The van der Waals surface area contributed by atoms with Crippen molar-refractivity contribution in [2.24, 2.45) is 4.99 Å². The lowest BCUT2D eigenvalue weighted by molar-refractivity contribution is -0.387. The minimum absolute atomic E-state index is 0.0218. The summed E-state index contributed by atoms with van der Waals surface area (Å²) in [7, 11) is 1.25. The molecule has 1 aromatic carbocycles. The summed E-state index contributed by atoms with van der Waals surface area (Å²) in [5.41, 5.74) is 0.175. The lowest BCUT2D eigenvalue weighted by Gasteiger charge is -2.04. The largest absolute Gasteiger partial charge is 0.468 e. The van der Waals surface area contributed by atoms with Crippen LogP contribution in [0.3, 0.4) is 0 Å². The molecule has 116 valence electrons. The number of carbonyl (C=O) groups excluding carboxylic acids is 1. The summed E-state index contributed by atoms with van der Waals surface area (Å²) in [5, 5.41) is 22.4. The smallest absolute Gasteiger partial charge is 0.315 e. The average Bonchev–Trinajstić information content (AvgIpc) is 2.52. The number of nitro benzene ring substituents is 1. The average molecular weight is 340 g/mol. The van der Waals surface area contributed by atoms with Crippen LogP contribution in [0.25, 0.3) is 0 Å². The van der Waals surface area contributed by atoms with Gasteiger partial charge in [0.15, 0.2) is 11.4 Å². The van der Waals surface area contributed by atoms with Crippen molar-refractivity contribution in [2.75, 3.05) is 19.1 Å². The van der Waals surface area contributed by atoms with E-state index < -0.39 is 10.9 Å². The van der Waals surface area contributed by atoms with Crippen molar-refractivity contribution >= 4 is 46.0 Å². The first-order valence-corrected chi connectivity index (χ1v) is 7.98. The standard InChI is InChI=1S/C12H12N4O4S2/c1-20-11(17)6-22-10-4-3-8(5-9(10)16(18)19)15-12(21-2)14-7-13/h3-5H,6H2,1-2H3,(H,14,15). The second-order valence-corrected chi connectivity index (χ2v) is 5.44. The van der Waals surface area contributed by atoms with Crippen molar-refractivity contribution in [3.63, 3.8) is 0 Å². The van der Waals surface area contributed by atoms with Crippen molar-refractivity contribution in [1.82, 2.24) is 5.32 Å². The van der Waals surface area contributed by atoms with E-state index in [2.05, 4.69) is 15.0 Å². The Bertz CT molecular complexity index is 643. The normalized spacial score (nSPS) is 10.7. The molecule has 22 heavy (non-hydrogen) atoms. The van der Waals surface area contributed by atoms with E-state index in [1.807, 2.05) is 0 Å². The van der Waals surface area contributed by atoms with Crippen LogP contribution in [0.4, 0.5) is 11.4 Å². The number of benzene rings is 1. The van der Waals surface area contributed by atoms with Crippen LogP contribution in [0, 0.1) is 21.6 Å². The molecule has 0 heterocycles. The van der Waals surface area contributed by atoms with Crippen LogP contribution in [-0.2, 0) is 9.53 Å². The summed E-state index contributed by atoms with van der Waals surface area (Å²) in [5.74, 6) is -0.490. The molecule has 0 saturated heterocycles. The molecule has 0 fully saturated rings. The van der Waals surface area contributed by atoms with Gasteiger partial charge >= 0.3 is 5.97 Å². The van der Waals surface area contributed by atoms with E-state index in [0.29, 0.717) is 15.8 Å². The maximum Gasteiger partial charge on any atom is 0.315 e. The highest BCUT2D eigenvalue weighted by Gasteiger charge is 2.16. The fraction of sp³-hybridized carbons (Fsp3) is 0.250. The van der Waals surface area contributed by atoms with E-state index in [1.54, 1.807) is 18.5 Å². The molecule has 0 aliphatic rings. The minimum atomic E-state index is -0.547. The van der Waals surface area contributed by atoms with Gasteiger partial charge in [0.2, 0.25) is 0 Å². The number of hydrogen-bond donors (Lipinski definition) is 1. The van der Waals surface area contributed by atoms with Crippen LogP contribution in [0.5, 0.6) is 0 Å². The Labute approximate surface area is 135 Å². The Balaban J connectivity index is 3.07. The van der Waals surface area contributed by atoms with Crippen LogP contribution < -0.4 is 5.32 Å². The van der Waals surface area contributed by atoms with Crippen molar-refractivity contribution in [2.45, 2.75) is 4.90 Å². The van der Waals surface area contributed by atoms with E-state index in [9.17, 15) is 14.9 Å². The quantitative estimate of drug-likeness (QED) is 0.127. The molecular formula is C12H12N4O4S2. The number of amidine groups is 1. The number of nitrogens with zero attached hydrogens (tertiary/aromatic N) is 3. The first kappa shape index (κ1) is 17.8. The molecule has 0 radical (unpaired) electrons. The van der Waals surface area contributed by atoms with Gasteiger partial charge in [0.05, 0.1) is 28.4 Å². The van der Waals surface area contributed by atoms with E-state index in [-0.39, 0.29) is 11.4 Å². The number of carbonyl (C=O) groups is 1. The van der Waals surface area contributed by atoms with Gasteiger partial charge in [-0.1, -0.05) is 11.8 Å². The van der Waals surface area contributed by atoms with Crippen LogP contribution >= 0.6 is 23.5 Å². The Morgan fingerprint density at radius 3 is 2.86 bits per heavy atom. The number of methoxy groups -OCH3 is 1. The van der Waals surface area contributed by atoms with Gasteiger partial charge < -0.3 is 4.74 Å². The molecular weight excluding hydrogens is 328 g/mol. The molecule has 1 rings (SSSR count). The van der Waals surface area contributed by atoms with Crippen molar-refractivity contribution in [3.8, 4) is 6.19 Å². The topological polar surface area (TPSA) is 118 Å².